The third kappa shape index (κ3) is 8.59. The minimum atomic E-state index is -0.651. The SMILES string of the molecule is COC(=O)C(CNC(C)(C)CC(C)(C)C)NC(C)=O. The van der Waals surface area contributed by atoms with Crippen LogP contribution in [0, 0.1) is 5.41 Å². The van der Waals surface area contributed by atoms with Crippen LogP contribution in [0.15, 0.2) is 0 Å². The van der Waals surface area contributed by atoms with Crippen LogP contribution in [0.3, 0.4) is 0 Å². The molecule has 5 nitrogen and oxygen atoms in total. The van der Waals surface area contributed by atoms with Crippen molar-refractivity contribution in [2.24, 2.45) is 5.41 Å². The molecule has 0 aromatic carbocycles. The van der Waals surface area contributed by atoms with Crippen molar-refractivity contribution in [3.63, 3.8) is 0 Å². The molecule has 1 unspecified atom stereocenters. The summed E-state index contributed by atoms with van der Waals surface area (Å²) in [6.07, 6.45) is 0.952. The number of rotatable bonds is 6. The van der Waals surface area contributed by atoms with E-state index in [1.807, 2.05) is 0 Å². The van der Waals surface area contributed by atoms with E-state index in [0.717, 1.165) is 6.42 Å². The van der Waals surface area contributed by atoms with Gasteiger partial charge in [-0.1, -0.05) is 20.8 Å². The van der Waals surface area contributed by atoms with Crippen LogP contribution in [-0.2, 0) is 14.3 Å². The number of hydrogen-bond acceptors (Lipinski definition) is 4. The Morgan fingerprint density at radius 3 is 2.05 bits per heavy atom. The van der Waals surface area contributed by atoms with Crippen molar-refractivity contribution in [1.29, 1.82) is 0 Å². The highest BCUT2D eigenvalue weighted by molar-refractivity contribution is 5.83. The zero-order valence-electron chi connectivity index (χ0n) is 13.2. The predicted molar refractivity (Wildman–Crippen MR) is 75.8 cm³/mol. The van der Waals surface area contributed by atoms with Gasteiger partial charge in [-0.3, -0.25) is 4.79 Å². The maximum Gasteiger partial charge on any atom is 0.329 e. The monoisotopic (exact) mass is 272 g/mol. The van der Waals surface area contributed by atoms with Gasteiger partial charge in [0.25, 0.3) is 0 Å². The minimum Gasteiger partial charge on any atom is -0.467 e. The maximum absolute atomic E-state index is 11.6. The zero-order valence-corrected chi connectivity index (χ0v) is 13.2. The van der Waals surface area contributed by atoms with Gasteiger partial charge in [0.1, 0.15) is 6.04 Å². The Kier molecular flexibility index (Phi) is 6.49. The average molecular weight is 272 g/mol. The number of hydrogen-bond donors (Lipinski definition) is 2. The van der Waals surface area contributed by atoms with Crippen LogP contribution < -0.4 is 10.6 Å². The van der Waals surface area contributed by atoms with Gasteiger partial charge in [-0.05, 0) is 25.7 Å². The van der Waals surface area contributed by atoms with Crippen LogP contribution >= 0.6 is 0 Å². The summed E-state index contributed by atoms with van der Waals surface area (Å²) in [7, 11) is 1.32. The summed E-state index contributed by atoms with van der Waals surface area (Å²) in [5.41, 5.74) is 0.0637. The smallest absolute Gasteiger partial charge is 0.329 e. The number of carbonyl (C=O) groups is 2. The summed E-state index contributed by atoms with van der Waals surface area (Å²) in [6.45, 7) is 12.4. The van der Waals surface area contributed by atoms with Crippen molar-refractivity contribution in [1.82, 2.24) is 10.6 Å². The Labute approximate surface area is 116 Å². The fourth-order valence-corrected chi connectivity index (χ4v) is 2.35. The number of ether oxygens (including phenoxy) is 1. The highest BCUT2D eigenvalue weighted by Gasteiger charge is 2.28. The van der Waals surface area contributed by atoms with Crippen molar-refractivity contribution in [2.75, 3.05) is 13.7 Å². The Balaban J connectivity index is 4.53. The standard InChI is InChI=1S/C14H28N2O3/c1-10(17)16-11(12(18)19-7)8-15-14(5,6)9-13(2,3)4/h11,15H,8-9H2,1-7H3,(H,16,17). The summed E-state index contributed by atoms with van der Waals surface area (Å²) in [6, 6.07) is -0.651. The lowest BCUT2D eigenvalue weighted by atomic mass is 9.82. The summed E-state index contributed by atoms with van der Waals surface area (Å²) >= 11 is 0. The molecule has 0 aromatic heterocycles. The predicted octanol–water partition coefficient (Wildman–Crippen LogP) is 1.47. The van der Waals surface area contributed by atoms with Crippen LogP contribution in [0.5, 0.6) is 0 Å². The zero-order chi connectivity index (χ0) is 15.3. The van der Waals surface area contributed by atoms with E-state index in [0.29, 0.717) is 6.54 Å². The van der Waals surface area contributed by atoms with Gasteiger partial charge in [-0.2, -0.15) is 0 Å². The fourth-order valence-electron chi connectivity index (χ4n) is 2.35. The summed E-state index contributed by atoms with van der Waals surface area (Å²) in [4.78, 5) is 22.7. The molecule has 19 heavy (non-hydrogen) atoms. The molecule has 112 valence electrons. The van der Waals surface area contributed by atoms with Crippen molar-refractivity contribution >= 4 is 11.9 Å². The molecule has 0 heterocycles. The second kappa shape index (κ2) is 6.89. The molecule has 0 saturated carbocycles. The van der Waals surface area contributed by atoms with Gasteiger partial charge in [-0.25, -0.2) is 4.79 Å². The van der Waals surface area contributed by atoms with Crippen molar-refractivity contribution in [3.8, 4) is 0 Å². The van der Waals surface area contributed by atoms with E-state index >= 15 is 0 Å². The van der Waals surface area contributed by atoms with Crippen LogP contribution in [-0.4, -0.2) is 37.1 Å². The van der Waals surface area contributed by atoms with E-state index in [4.69, 9.17) is 0 Å². The lowest BCUT2D eigenvalue weighted by molar-refractivity contribution is -0.144. The first-order chi connectivity index (χ1) is 8.47. The third-order valence-corrected chi connectivity index (χ3v) is 2.62. The maximum atomic E-state index is 11.6. The van der Waals surface area contributed by atoms with Gasteiger partial charge in [0.2, 0.25) is 5.91 Å². The lowest BCUT2D eigenvalue weighted by Gasteiger charge is -2.34. The summed E-state index contributed by atoms with van der Waals surface area (Å²) in [5.74, 6) is -0.680. The third-order valence-electron chi connectivity index (χ3n) is 2.62. The summed E-state index contributed by atoms with van der Waals surface area (Å²) in [5, 5.41) is 5.91. The van der Waals surface area contributed by atoms with Gasteiger partial charge in [0.05, 0.1) is 7.11 Å². The first-order valence-corrected chi connectivity index (χ1v) is 6.57. The van der Waals surface area contributed by atoms with E-state index in [2.05, 4.69) is 50.0 Å². The lowest BCUT2D eigenvalue weighted by Crippen LogP contribution is -2.52. The number of carbonyl (C=O) groups excluding carboxylic acids is 2. The molecule has 0 aromatic rings. The van der Waals surface area contributed by atoms with Gasteiger partial charge >= 0.3 is 5.97 Å². The molecule has 1 atom stereocenters. The molecule has 0 bridgehead atoms. The molecule has 5 heteroatoms. The molecule has 0 fully saturated rings. The quantitative estimate of drug-likeness (QED) is 0.719. The molecule has 0 aliphatic rings. The highest BCUT2D eigenvalue weighted by Crippen LogP contribution is 2.26. The summed E-state index contributed by atoms with van der Waals surface area (Å²) < 4.78 is 4.69. The molecular weight excluding hydrogens is 244 g/mol. The average Bonchev–Trinajstić information content (AvgIpc) is 2.19. The largest absolute Gasteiger partial charge is 0.467 e. The van der Waals surface area contributed by atoms with Crippen molar-refractivity contribution < 1.29 is 14.3 Å². The molecular formula is C14H28N2O3. The van der Waals surface area contributed by atoms with Crippen LogP contribution in [0.25, 0.3) is 0 Å². The van der Waals surface area contributed by atoms with Crippen LogP contribution in [0.4, 0.5) is 0 Å². The van der Waals surface area contributed by atoms with E-state index in [1.165, 1.54) is 14.0 Å². The van der Waals surface area contributed by atoms with Crippen molar-refractivity contribution in [2.45, 2.75) is 59.5 Å². The van der Waals surface area contributed by atoms with Crippen LogP contribution in [0.1, 0.15) is 48.0 Å². The Morgan fingerprint density at radius 2 is 1.68 bits per heavy atom. The van der Waals surface area contributed by atoms with Gasteiger partial charge in [0, 0.05) is 19.0 Å². The highest BCUT2D eigenvalue weighted by atomic mass is 16.5. The fraction of sp³-hybridized carbons (Fsp3) is 0.857. The molecule has 0 saturated heterocycles. The molecule has 0 aliphatic heterocycles. The number of esters is 1. The van der Waals surface area contributed by atoms with Crippen LogP contribution in [0.2, 0.25) is 0 Å². The second-order valence-electron chi connectivity index (χ2n) is 6.78. The normalized spacial score (nSPS) is 13.8. The van der Waals surface area contributed by atoms with Crippen molar-refractivity contribution in [3.05, 3.63) is 0 Å². The number of amides is 1. The Hall–Kier alpha value is -1.10. The Morgan fingerprint density at radius 1 is 1.16 bits per heavy atom. The van der Waals surface area contributed by atoms with E-state index in [-0.39, 0.29) is 16.9 Å². The molecule has 0 rings (SSSR count). The number of nitrogens with one attached hydrogen (secondary N) is 2. The molecule has 0 radical (unpaired) electrons. The topological polar surface area (TPSA) is 67.4 Å². The van der Waals surface area contributed by atoms with Gasteiger partial charge < -0.3 is 15.4 Å². The van der Waals surface area contributed by atoms with E-state index in [1.54, 1.807) is 0 Å². The molecule has 0 aliphatic carbocycles. The first kappa shape index (κ1) is 17.9. The minimum absolute atomic E-state index is 0.122. The second-order valence-corrected chi connectivity index (χ2v) is 6.78. The molecule has 1 amide bonds. The Bertz CT molecular complexity index is 319. The van der Waals surface area contributed by atoms with Gasteiger partial charge in [-0.15, -0.1) is 0 Å². The number of methoxy groups -OCH3 is 1. The van der Waals surface area contributed by atoms with Gasteiger partial charge in [0.15, 0.2) is 0 Å². The first-order valence-electron chi connectivity index (χ1n) is 6.57. The van der Waals surface area contributed by atoms with E-state index in [9.17, 15) is 9.59 Å². The van der Waals surface area contributed by atoms with E-state index < -0.39 is 12.0 Å². The molecule has 0 spiro atoms. The molecule has 2 N–H and O–H groups in total.